The van der Waals surface area contributed by atoms with Crippen LogP contribution in [0.15, 0.2) is 40.5 Å². The Balaban J connectivity index is 2.59. The number of esters is 2. The van der Waals surface area contributed by atoms with Crippen LogP contribution < -0.4 is 4.72 Å². The lowest BCUT2D eigenvalue weighted by atomic mass is 9.75. The second-order valence-corrected chi connectivity index (χ2v) is 9.96. The third kappa shape index (κ3) is 6.88. The third-order valence-electron chi connectivity index (χ3n) is 5.08. The molecular formula is C23H32N2O7S. The largest absolute Gasteiger partial charge is 0.463 e. The van der Waals surface area contributed by atoms with Gasteiger partial charge in [-0.05, 0) is 52.3 Å². The highest BCUT2D eigenvalue weighted by Gasteiger charge is 2.42. The van der Waals surface area contributed by atoms with E-state index in [2.05, 4.69) is 9.71 Å². The number of anilines is 1. The number of carbonyl (C=O) groups is 2. The van der Waals surface area contributed by atoms with Crippen LogP contribution in [0.25, 0.3) is 0 Å². The van der Waals surface area contributed by atoms with Crippen molar-refractivity contribution in [2.24, 2.45) is 10.9 Å². The summed E-state index contributed by atoms with van der Waals surface area (Å²) in [5.74, 6) is -2.89. The van der Waals surface area contributed by atoms with Gasteiger partial charge in [0.2, 0.25) is 10.0 Å². The first-order valence-electron chi connectivity index (χ1n) is 10.7. The van der Waals surface area contributed by atoms with Crippen molar-refractivity contribution in [1.82, 2.24) is 0 Å². The first-order valence-corrected chi connectivity index (χ1v) is 12.4. The summed E-state index contributed by atoms with van der Waals surface area (Å²) in [5, 5.41) is 0. The van der Waals surface area contributed by atoms with E-state index in [1.54, 1.807) is 52.0 Å². The lowest BCUT2D eigenvalue weighted by Crippen LogP contribution is -2.37. The van der Waals surface area contributed by atoms with Gasteiger partial charge in [0.25, 0.3) is 0 Å². The molecule has 0 aliphatic carbocycles. The van der Waals surface area contributed by atoms with Gasteiger partial charge in [-0.3, -0.25) is 14.5 Å². The number of allylic oxidation sites excluding steroid dienone is 1. The molecule has 1 aromatic rings. The highest BCUT2D eigenvalue weighted by Crippen LogP contribution is 2.41. The van der Waals surface area contributed by atoms with E-state index in [4.69, 9.17) is 14.2 Å². The second-order valence-electron chi connectivity index (χ2n) is 7.95. The summed E-state index contributed by atoms with van der Waals surface area (Å²) in [4.78, 5) is 30.6. The second kappa shape index (κ2) is 11.4. The summed E-state index contributed by atoms with van der Waals surface area (Å²) in [7, 11) is -2.02. The monoisotopic (exact) mass is 480 g/mol. The van der Waals surface area contributed by atoms with E-state index in [0.717, 1.165) is 0 Å². The van der Waals surface area contributed by atoms with E-state index in [1.807, 2.05) is 0 Å². The summed E-state index contributed by atoms with van der Waals surface area (Å²) in [6, 6.07) is 6.62. The van der Waals surface area contributed by atoms with Gasteiger partial charge in [-0.2, -0.15) is 0 Å². The number of ether oxygens (including phenoxy) is 3. The van der Waals surface area contributed by atoms with Gasteiger partial charge in [0.1, 0.15) is 12.5 Å². The van der Waals surface area contributed by atoms with Crippen LogP contribution in [0.5, 0.6) is 0 Å². The molecule has 10 heteroatoms. The van der Waals surface area contributed by atoms with Crippen LogP contribution in [0, 0.1) is 5.92 Å². The Hall–Kier alpha value is -2.72. The number of methoxy groups -OCH3 is 1. The van der Waals surface area contributed by atoms with Crippen molar-refractivity contribution >= 4 is 33.4 Å². The molecule has 182 valence electrons. The van der Waals surface area contributed by atoms with E-state index < -0.39 is 33.8 Å². The van der Waals surface area contributed by atoms with Crippen LogP contribution >= 0.6 is 0 Å². The van der Waals surface area contributed by atoms with Crippen molar-refractivity contribution in [3.05, 3.63) is 41.1 Å². The molecule has 0 amide bonds. The molecule has 0 saturated carbocycles. The molecule has 0 aromatic heterocycles. The number of carbonyl (C=O) groups excluding carboxylic acids is 2. The van der Waals surface area contributed by atoms with Crippen molar-refractivity contribution < 1.29 is 32.2 Å². The molecule has 2 rings (SSSR count). The zero-order chi connectivity index (χ0) is 24.8. The molecule has 0 spiro atoms. The molecule has 33 heavy (non-hydrogen) atoms. The van der Waals surface area contributed by atoms with Crippen LogP contribution in [0.1, 0.15) is 46.1 Å². The lowest BCUT2D eigenvalue weighted by molar-refractivity contribution is -0.148. The van der Waals surface area contributed by atoms with E-state index in [1.165, 1.54) is 14.0 Å². The molecule has 0 saturated heterocycles. The highest BCUT2D eigenvalue weighted by molar-refractivity contribution is 7.92. The smallest absolute Gasteiger partial charge is 0.336 e. The number of hydrogen-bond donors (Lipinski definition) is 1. The Labute approximate surface area is 195 Å². The molecule has 1 aliphatic rings. The molecule has 9 nitrogen and oxygen atoms in total. The molecule has 0 radical (unpaired) electrons. The molecular weight excluding hydrogens is 448 g/mol. The average Bonchev–Trinajstić information content (AvgIpc) is 2.72. The summed E-state index contributed by atoms with van der Waals surface area (Å²) in [6.07, 6.45) is -0.375. The van der Waals surface area contributed by atoms with E-state index in [-0.39, 0.29) is 30.6 Å². The van der Waals surface area contributed by atoms with Gasteiger partial charge in [-0.25, -0.2) is 13.2 Å². The van der Waals surface area contributed by atoms with Crippen LogP contribution in [-0.4, -0.2) is 58.2 Å². The van der Waals surface area contributed by atoms with Crippen LogP contribution in [0.2, 0.25) is 0 Å². The van der Waals surface area contributed by atoms with Gasteiger partial charge in [0.05, 0.1) is 24.0 Å². The normalized spacial score (nSPS) is 18.7. The van der Waals surface area contributed by atoms with Crippen molar-refractivity contribution in [1.29, 1.82) is 0 Å². The van der Waals surface area contributed by atoms with Crippen LogP contribution in [0.4, 0.5) is 5.69 Å². The number of hydrogen-bond acceptors (Lipinski definition) is 8. The molecule has 0 bridgehead atoms. The molecule has 1 aromatic carbocycles. The standard InChI is InChI=1S/C23H32N2O7S/c1-7-33(28,29)25-18-10-8-9-17(13-18)21-19(22(26)31-12-11-30-6)15(4)24-16(5)20(21)23(27)32-14(2)3/h8-10,13-14,19,21,25H,7,11-12H2,1-6H3. The molecule has 2 atom stereocenters. The first-order chi connectivity index (χ1) is 15.5. The van der Waals surface area contributed by atoms with E-state index >= 15 is 0 Å². The van der Waals surface area contributed by atoms with Crippen molar-refractivity contribution in [3.63, 3.8) is 0 Å². The van der Waals surface area contributed by atoms with Crippen molar-refractivity contribution in [2.45, 2.75) is 46.6 Å². The minimum Gasteiger partial charge on any atom is -0.463 e. The average molecular weight is 481 g/mol. The molecule has 2 unspecified atom stereocenters. The number of benzene rings is 1. The Morgan fingerprint density at radius 3 is 2.48 bits per heavy atom. The topological polar surface area (TPSA) is 120 Å². The summed E-state index contributed by atoms with van der Waals surface area (Å²) in [6.45, 7) is 8.66. The molecule has 1 N–H and O–H groups in total. The maximum Gasteiger partial charge on any atom is 0.336 e. The summed E-state index contributed by atoms with van der Waals surface area (Å²) in [5.41, 5.74) is 2.04. The lowest BCUT2D eigenvalue weighted by Gasteiger charge is -2.32. The Bertz CT molecular complexity index is 1040. The predicted octanol–water partition coefficient (Wildman–Crippen LogP) is 3.04. The van der Waals surface area contributed by atoms with Gasteiger partial charge in [-0.15, -0.1) is 0 Å². The predicted molar refractivity (Wildman–Crippen MR) is 126 cm³/mol. The molecule has 0 fully saturated rings. The maximum absolute atomic E-state index is 13.1. The van der Waals surface area contributed by atoms with Gasteiger partial charge < -0.3 is 14.2 Å². The SMILES string of the molecule is CCS(=O)(=O)Nc1cccc(C2C(C(=O)OC(C)C)=C(C)N=C(C)C2C(=O)OCCOC)c1. The van der Waals surface area contributed by atoms with Crippen molar-refractivity contribution in [2.75, 3.05) is 30.8 Å². The fraction of sp³-hybridized carbons (Fsp3) is 0.522. The van der Waals surface area contributed by atoms with Gasteiger partial charge >= 0.3 is 11.9 Å². The Morgan fingerprint density at radius 2 is 1.88 bits per heavy atom. The first kappa shape index (κ1) is 26.5. The number of rotatable bonds is 10. The fourth-order valence-corrected chi connectivity index (χ4v) is 4.24. The quantitative estimate of drug-likeness (QED) is 0.404. The third-order valence-corrected chi connectivity index (χ3v) is 6.38. The zero-order valence-corrected chi connectivity index (χ0v) is 20.7. The number of nitrogens with one attached hydrogen (secondary N) is 1. The molecule has 1 aliphatic heterocycles. The number of sulfonamides is 1. The number of aliphatic imine (C=N–C) groups is 1. The van der Waals surface area contributed by atoms with E-state index in [9.17, 15) is 18.0 Å². The summed E-state index contributed by atoms with van der Waals surface area (Å²) < 4.78 is 42.4. The Kier molecular flexibility index (Phi) is 9.18. The zero-order valence-electron chi connectivity index (χ0n) is 19.9. The minimum absolute atomic E-state index is 0.0522. The maximum atomic E-state index is 13.1. The van der Waals surface area contributed by atoms with Gasteiger partial charge in [0, 0.05) is 30.1 Å². The molecule has 1 heterocycles. The van der Waals surface area contributed by atoms with Gasteiger partial charge in [-0.1, -0.05) is 12.1 Å². The van der Waals surface area contributed by atoms with Crippen molar-refractivity contribution in [3.8, 4) is 0 Å². The van der Waals surface area contributed by atoms with Crippen LogP contribution in [0.3, 0.4) is 0 Å². The summed E-state index contributed by atoms with van der Waals surface area (Å²) >= 11 is 0. The highest BCUT2D eigenvalue weighted by atomic mass is 32.2. The Morgan fingerprint density at radius 1 is 1.18 bits per heavy atom. The fourth-order valence-electron chi connectivity index (χ4n) is 3.61. The minimum atomic E-state index is -3.52. The van der Waals surface area contributed by atoms with E-state index in [0.29, 0.717) is 22.7 Å². The number of nitrogens with zero attached hydrogens (tertiary/aromatic N) is 1. The van der Waals surface area contributed by atoms with Crippen LogP contribution in [-0.2, 0) is 33.8 Å². The van der Waals surface area contributed by atoms with Gasteiger partial charge in [0.15, 0.2) is 0 Å².